The summed E-state index contributed by atoms with van der Waals surface area (Å²) < 4.78 is 25.8. The van der Waals surface area contributed by atoms with Gasteiger partial charge in [-0.15, -0.1) is 5.10 Å². The normalized spacial score (nSPS) is 11.4. The maximum absolute atomic E-state index is 12.9. The lowest BCUT2D eigenvalue weighted by Crippen LogP contribution is -2.25. The van der Waals surface area contributed by atoms with E-state index in [2.05, 4.69) is 9.93 Å². The van der Waals surface area contributed by atoms with Gasteiger partial charge in [0.05, 0.1) is 9.92 Å². The fraction of sp³-hybridized carbons (Fsp3) is 0. The maximum Gasteiger partial charge on any atom is 0.276 e. The van der Waals surface area contributed by atoms with Gasteiger partial charge in [-0.1, -0.05) is 77.3 Å². The molecule has 0 bridgehead atoms. The summed E-state index contributed by atoms with van der Waals surface area (Å²) >= 11 is 18.6. The van der Waals surface area contributed by atoms with Crippen molar-refractivity contribution < 1.29 is 8.42 Å². The summed E-state index contributed by atoms with van der Waals surface area (Å²) in [6, 6.07) is 21.8. The molecule has 0 aliphatic rings. The van der Waals surface area contributed by atoms with Crippen LogP contribution in [-0.2, 0) is 10.0 Å². The minimum atomic E-state index is -3.90. The molecule has 152 valence electrons. The van der Waals surface area contributed by atoms with Crippen molar-refractivity contribution in [2.75, 3.05) is 4.83 Å². The predicted octanol–water partition coefficient (Wildman–Crippen LogP) is 6.11. The van der Waals surface area contributed by atoms with Crippen LogP contribution in [0.25, 0.3) is 22.5 Å². The van der Waals surface area contributed by atoms with E-state index in [1.165, 1.54) is 12.1 Å². The van der Waals surface area contributed by atoms with Crippen LogP contribution in [0.4, 0.5) is 0 Å². The molecule has 9 heteroatoms. The molecule has 1 aromatic heterocycles. The van der Waals surface area contributed by atoms with Crippen molar-refractivity contribution >= 4 is 44.8 Å². The Morgan fingerprint density at radius 3 is 1.83 bits per heavy atom. The molecule has 30 heavy (non-hydrogen) atoms. The van der Waals surface area contributed by atoms with Crippen molar-refractivity contribution in [2.45, 2.75) is 4.90 Å². The van der Waals surface area contributed by atoms with Gasteiger partial charge in [0.1, 0.15) is 11.4 Å². The SMILES string of the molecule is O=S(=O)(Nn1nc(-c2ccc(Cl)cc2)c(Cl)c1-c1ccc(Cl)cc1)c1ccccc1. The van der Waals surface area contributed by atoms with Gasteiger partial charge in [0.2, 0.25) is 0 Å². The zero-order valence-corrected chi connectivity index (χ0v) is 18.3. The van der Waals surface area contributed by atoms with E-state index in [9.17, 15) is 8.42 Å². The molecule has 3 aromatic carbocycles. The average Bonchev–Trinajstić information content (AvgIpc) is 3.05. The second kappa shape index (κ2) is 8.32. The number of rotatable bonds is 5. The number of halogens is 3. The summed E-state index contributed by atoms with van der Waals surface area (Å²) in [7, 11) is -3.90. The summed E-state index contributed by atoms with van der Waals surface area (Å²) in [6.45, 7) is 0. The fourth-order valence-electron chi connectivity index (χ4n) is 2.88. The van der Waals surface area contributed by atoms with Gasteiger partial charge < -0.3 is 0 Å². The van der Waals surface area contributed by atoms with Crippen molar-refractivity contribution in [3.8, 4) is 22.5 Å². The molecule has 5 nitrogen and oxygen atoms in total. The van der Waals surface area contributed by atoms with E-state index in [4.69, 9.17) is 34.8 Å². The molecular formula is C21H14Cl3N3O2S. The highest BCUT2D eigenvalue weighted by molar-refractivity contribution is 7.92. The lowest BCUT2D eigenvalue weighted by molar-refractivity contribution is 0.592. The molecule has 0 spiro atoms. The first-order valence-electron chi connectivity index (χ1n) is 8.73. The Bertz CT molecular complexity index is 1290. The molecule has 0 radical (unpaired) electrons. The van der Waals surface area contributed by atoms with Crippen LogP contribution in [0.1, 0.15) is 0 Å². The van der Waals surface area contributed by atoms with Gasteiger partial charge in [-0.25, -0.2) is 0 Å². The average molecular weight is 479 g/mol. The third kappa shape index (κ3) is 4.18. The Hall–Kier alpha value is -2.51. The number of hydrogen-bond donors (Lipinski definition) is 1. The fourth-order valence-corrected chi connectivity index (χ4v) is 4.45. The van der Waals surface area contributed by atoms with Crippen molar-refractivity contribution in [1.29, 1.82) is 0 Å². The number of benzene rings is 3. The number of sulfonamides is 1. The Labute approximate surface area is 188 Å². The topological polar surface area (TPSA) is 64.0 Å². The third-order valence-electron chi connectivity index (χ3n) is 4.32. The van der Waals surface area contributed by atoms with Crippen molar-refractivity contribution in [1.82, 2.24) is 9.89 Å². The van der Waals surface area contributed by atoms with E-state index >= 15 is 0 Å². The zero-order chi connectivity index (χ0) is 21.3. The second-order valence-corrected chi connectivity index (χ2v) is 9.26. The number of nitrogens with one attached hydrogen (secondary N) is 1. The number of hydrogen-bond acceptors (Lipinski definition) is 3. The molecule has 0 amide bonds. The van der Waals surface area contributed by atoms with Gasteiger partial charge in [0.25, 0.3) is 10.0 Å². The Morgan fingerprint density at radius 2 is 1.27 bits per heavy atom. The van der Waals surface area contributed by atoms with Crippen LogP contribution in [0.3, 0.4) is 0 Å². The zero-order valence-electron chi connectivity index (χ0n) is 15.3. The number of nitrogens with zero attached hydrogens (tertiary/aromatic N) is 2. The Balaban J connectivity index is 1.87. The van der Waals surface area contributed by atoms with Crippen LogP contribution in [0.2, 0.25) is 15.1 Å². The van der Waals surface area contributed by atoms with Gasteiger partial charge in [-0.2, -0.15) is 18.0 Å². The smallest absolute Gasteiger partial charge is 0.200 e. The number of aromatic nitrogens is 2. The first kappa shape index (κ1) is 20.8. The molecule has 0 aliphatic heterocycles. The van der Waals surface area contributed by atoms with Crippen LogP contribution < -0.4 is 4.83 Å². The molecule has 4 aromatic rings. The van der Waals surface area contributed by atoms with Crippen LogP contribution in [-0.4, -0.2) is 18.3 Å². The van der Waals surface area contributed by atoms with Crippen LogP contribution >= 0.6 is 34.8 Å². The van der Waals surface area contributed by atoms with E-state index in [0.29, 0.717) is 32.6 Å². The minimum absolute atomic E-state index is 0.103. The molecular weight excluding hydrogens is 465 g/mol. The summed E-state index contributed by atoms with van der Waals surface area (Å²) in [5, 5.41) is 5.84. The standard InChI is InChI=1S/C21H14Cl3N3O2S/c22-16-10-6-14(7-11-16)20-19(24)21(15-8-12-17(23)13-9-15)27(25-20)26-30(28,29)18-4-2-1-3-5-18/h1-13,26H. The van der Waals surface area contributed by atoms with Crippen LogP contribution in [0.15, 0.2) is 83.8 Å². The minimum Gasteiger partial charge on any atom is -0.200 e. The highest BCUT2D eigenvalue weighted by Gasteiger charge is 2.23. The van der Waals surface area contributed by atoms with Crippen molar-refractivity contribution in [3.05, 3.63) is 93.9 Å². The van der Waals surface area contributed by atoms with E-state index in [-0.39, 0.29) is 9.92 Å². The van der Waals surface area contributed by atoms with Crippen LogP contribution in [0, 0.1) is 0 Å². The Kier molecular flexibility index (Phi) is 5.75. The van der Waals surface area contributed by atoms with Gasteiger partial charge in [0, 0.05) is 21.2 Å². The van der Waals surface area contributed by atoms with E-state index < -0.39 is 10.0 Å². The molecule has 4 rings (SSSR count). The largest absolute Gasteiger partial charge is 0.276 e. The summed E-state index contributed by atoms with van der Waals surface area (Å²) in [4.78, 5) is 3.76. The highest BCUT2D eigenvalue weighted by Crippen LogP contribution is 2.37. The quantitative estimate of drug-likeness (QED) is 0.376. The second-order valence-electron chi connectivity index (χ2n) is 6.34. The molecule has 1 heterocycles. The predicted molar refractivity (Wildman–Crippen MR) is 121 cm³/mol. The third-order valence-corrected chi connectivity index (χ3v) is 6.49. The Morgan fingerprint density at radius 1 is 0.733 bits per heavy atom. The molecule has 0 atom stereocenters. The van der Waals surface area contributed by atoms with Crippen molar-refractivity contribution in [3.63, 3.8) is 0 Å². The highest BCUT2D eigenvalue weighted by atomic mass is 35.5. The molecule has 0 saturated heterocycles. The lowest BCUT2D eigenvalue weighted by Gasteiger charge is -2.11. The molecule has 0 fully saturated rings. The van der Waals surface area contributed by atoms with E-state index in [1.54, 1.807) is 66.7 Å². The van der Waals surface area contributed by atoms with E-state index in [0.717, 1.165) is 4.79 Å². The first-order chi connectivity index (χ1) is 14.3. The maximum atomic E-state index is 12.9. The van der Waals surface area contributed by atoms with Gasteiger partial charge in [-0.05, 0) is 36.4 Å². The summed E-state index contributed by atoms with van der Waals surface area (Å²) in [6.07, 6.45) is 0. The molecule has 0 saturated carbocycles. The summed E-state index contributed by atoms with van der Waals surface area (Å²) in [5.41, 5.74) is 2.14. The molecule has 1 N–H and O–H groups in total. The monoisotopic (exact) mass is 477 g/mol. The van der Waals surface area contributed by atoms with Gasteiger partial charge in [-0.3, -0.25) is 0 Å². The molecule has 0 aliphatic carbocycles. The van der Waals surface area contributed by atoms with Crippen molar-refractivity contribution in [2.24, 2.45) is 0 Å². The lowest BCUT2D eigenvalue weighted by atomic mass is 10.1. The van der Waals surface area contributed by atoms with Gasteiger partial charge >= 0.3 is 0 Å². The van der Waals surface area contributed by atoms with Gasteiger partial charge in [0.15, 0.2) is 0 Å². The van der Waals surface area contributed by atoms with Crippen LogP contribution in [0.5, 0.6) is 0 Å². The first-order valence-corrected chi connectivity index (χ1v) is 11.3. The van der Waals surface area contributed by atoms with E-state index in [1.807, 2.05) is 0 Å². The summed E-state index contributed by atoms with van der Waals surface area (Å²) in [5.74, 6) is 0. The molecule has 0 unspecified atom stereocenters.